The van der Waals surface area contributed by atoms with E-state index in [-0.39, 0.29) is 11.4 Å². The summed E-state index contributed by atoms with van der Waals surface area (Å²) in [6.07, 6.45) is 2.76. The van der Waals surface area contributed by atoms with Crippen molar-refractivity contribution < 1.29 is 13.6 Å². The van der Waals surface area contributed by atoms with Crippen molar-refractivity contribution in [3.8, 4) is 0 Å². The molecule has 0 fully saturated rings. The highest BCUT2D eigenvalue weighted by Gasteiger charge is 2.10. The zero-order chi connectivity index (χ0) is 18.5. The van der Waals surface area contributed by atoms with E-state index in [1.54, 1.807) is 0 Å². The second-order valence-electron chi connectivity index (χ2n) is 5.65. The van der Waals surface area contributed by atoms with Gasteiger partial charge in [0.05, 0.1) is 12.4 Å². The van der Waals surface area contributed by atoms with Crippen LogP contribution < -0.4 is 10.6 Å². The van der Waals surface area contributed by atoms with Crippen LogP contribution in [0.15, 0.2) is 54.9 Å². The number of rotatable bonds is 5. The molecule has 1 amide bonds. The molecule has 2 N–H and O–H groups in total. The molecule has 0 spiro atoms. The first kappa shape index (κ1) is 17.5. The number of halogens is 2. The van der Waals surface area contributed by atoms with Gasteiger partial charge in [0.1, 0.15) is 11.5 Å². The Morgan fingerprint density at radius 1 is 1.04 bits per heavy atom. The number of nitrogens with one attached hydrogen (secondary N) is 2. The quantitative estimate of drug-likeness (QED) is 0.729. The Kier molecular flexibility index (Phi) is 5.17. The Hall–Kier alpha value is -3.35. The van der Waals surface area contributed by atoms with Gasteiger partial charge in [-0.25, -0.2) is 18.7 Å². The molecule has 2 aromatic carbocycles. The van der Waals surface area contributed by atoms with Gasteiger partial charge in [-0.05, 0) is 30.2 Å². The zero-order valence-corrected chi connectivity index (χ0v) is 14.0. The summed E-state index contributed by atoms with van der Waals surface area (Å²) < 4.78 is 26.1. The fourth-order valence-corrected chi connectivity index (χ4v) is 2.30. The number of aromatic nitrogens is 2. The van der Waals surface area contributed by atoms with Crippen molar-refractivity contribution in [2.24, 2.45) is 0 Å². The third-order valence-corrected chi connectivity index (χ3v) is 3.78. The van der Waals surface area contributed by atoms with Gasteiger partial charge in [0, 0.05) is 18.3 Å². The molecule has 1 aromatic heterocycles. The molecule has 0 atom stereocenters. The molecule has 3 aromatic rings. The largest absolute Gasteiger partial charge is 0.365 e. The average molecular weight is 354 g/mol. The summed E-state index contributed by atoms with van der Waals surface area (Å²) >= 11 is 0. The van der Waals surface area contributed by atoms with Crippen molar-refractivity contribution >= 4 is 17.4 Å². The fraction of sp³-hybridized carbons (Fsp3) is 0.105. The lowest BCUT2D eigenvalue weighted by Crippen LogP contribution is -2.15. The maximum atomic E-state index is 13.2. The molecule has 0 saturated carbocycles. The minimum Gasteiger partial charge on any atom is -0.365 e. The highest BCUT2D eigenvalue weighted by atomic mass is 19.2. The predicted octanol–water partition coefficient (Wildman–Crippen LogP) is 3.93. The van der Waals surface area contributed by atoms with Crippen LogP contribution in [-0.2, 0) is 6.54 Å². The molecule has 0 aliphatic rings. The molecular weight excluding hydrogens is 338 g/mol. The predicted molar refractivity (Wildman–Crippen MR) is 94.8 cm³/mol. The van der Waals surface area contributed by atoms with Crippen LogP contribution in [0, 0.1) is 18.6 Å². The molecule has 0 aliphatic carbocycles. The Morgan fingerprint density at radius 2 is 1.85 bits per heavy atom. The van der Waals surface area contributed by atoms with E-state index < -0.39 is 17.5 Å². The van der Waals surface area contributed by atoms with Gasteiger partial charge in [-0.3, -0.25) is 4.79 Å². The molecule has 5 nitrogen and oxygen atoms in total. The van der Waals surface area contributed by atoms with Crippen LogP contribution in [0.2, 0.25) is 0 Å². The summed E-state index contributed by atoms with van der Waals surface area (Å²) in [7, 11) is 0. The highest BCUT2D eigenvalue weighted by Crippen LogP contribution is 2.14. The zero-order valence-electron chi connectivity index (χ0n) is 14.0. The number of nitrogens with zero attached hydrogens (tertiary/aromatic N) is 2. The second kappa shape index (κ2) is 7.69. The van der Waals surface area contributed by atoms with E-state index in [0.717, 1.165) is 23.3 Å². The van der Waals surface area contributed by atoms with Crippen LogP contribution in [-0.4, -0.2) is 15.9 Å². The SMILES string of the molecule is Cc1ccccc1CNc1cnc(C(=O)Nc2ccc(F)c(F)c2)cn1. The maximum absolute atomic E-state index is 13.2. The first-order chi connectivity index (χ1) is 12.5. The molecule has 1 heterocycles. The Morgan fingerprint density at radius 3 is 2.54 bits per heavy atom. The number of carbonyl (C=O) groups excluding carboxylic acids is 1. The van der Waals surface area contributed by atoms with E-state index in [0.29, 0.717) is 12.4 Å². The maximum Gasteiger partial charge on any atom is 0.275 e. The fourth-order valence-electron chi connectivity index (χ4n) is 2.30. The van der Waals surface area contributed by atoms with Crippen LogP contribution in [0.3, 0.4) is 0 Å². The Balaban J connectivity index is 1.62. The third kappa shape index (κ3) is 4.18. The summed E-state index contributed by atoms with van der Waals surface area (Å²) in [6, 6.07) is 11.1. The van der Waals surface area contributed by atoms with E-state index in [1.165, 1.54) is 18.5 Å². The number of hydrogen-bond acceptors (Lipinski definition) is 4. The molecule has 0 bridgehead atoms. The Bertz CT molecular complexity index is 929. The number of benzene rings is 2. The number of aryl methyl sites for hydroxylation is 1. The summed E-state index contributed by atoms with van der Waals surface area (Å²) in [5, 5.41) is 5.58. The lowest BCUT2D eigenvalue weighted by atomic mass is 10.1. The van der Waals surface area contributed by atoms with E-state index in [9.17, 15) is 13.6 Å². The second-order valence-corrected chi connectivity index (χ2v) is 5.65. The minimum atomic E-state index is -1.04. The van der Waals surface area contributed by atoms with Crippen LogP contribution in [0.5, 0.6) is 0 Å². The minimum absolute atomic E-state index is 0.0659. The lowest BCUT2D eigenvalue weighted by molar-refractivity contribution is 0.102. The summed E-state index contributed by atoms with van der Waals surface area (Å²) in [5.74, 6) is -2.05. The third-order valence-electron chi connectivity index (χ3n) is 3.78. The van der Waals surface area contributed by atoms with E-state index in [1.807, 2.05) is 31.2 Å². The molecule has 3 rings (SSSR count). The number of hydrogen-bond donors (Lipinski definition) is 2. The van der Waals surface area contributed by atoms with Crippen molar-refractivity contribution in [3.63, 3.8) is 0 Å². The van der Waals surface area contributed by atoms with Crippen LogP contribution >= 0.6 is 0 Å². The summed E-state index contributed by atoms with van der Waals surface area (Å²) in [5.41, 5.74) is 2.50. The summed E-state index contributed by atoms with van der Waals surface area (Å²) in [4.78, 5) is 20.3. The molecule has 7 heteroatoms. The normalized spacial score (nSPS) is 10.4. The Labute approximate surface area is 149 Å². The molecule has 26 heavy (non-hydrogen) atoms. The van der Waals surface area contributed by atoms with Crippen molar-refractivity contribution in [2.45, 2.75) is 13.5 Å². The monoisotopic (exact) mass is 354 g/mol. The van der Waals surface area contributed by atoms with Gasteiger partial charge in [0.2, 0.25) is 0 Å². The average Bonchev–Trinajstić information content (AvgIpc) is 2.64. The first-order valence-electron chi connectivity index (χ1n) is 7.90. The smallest absolute Gasteiger partial charge is 0.275 e. The van der Waals surface area contributed by atoms with Crippen LogP contribution in [0.25, 0.3) is 0 Å². The van der Waals surface area contributed by atoms with Gasteiger partial charge in [-0.15, -0.1) is 0 Å². The number of amides is 1. The van der Waals surface area contributed by atoms with Gasteiger partial charge in [0.15, 0.2) is 11.6 Å². The molecule has 0 aliphatic heterocycles. The van der Waals surface area contributed by atoms with Crippen LogP contribution in [0.1, 0.15) is 21.6 Å². The molecule has 0 unspecified atom stereocenters. The van der Waals surface area contributed by atoms with Crippen LogP contribution in [0.4, 0.5) is 20.3 Å². The van der Waals surface area contributed by atoms with Gasteiger partial charge in [-0.1, -0.05) is 24.3 Å². The van der Waals surface area contributed by atoms with E-state index in [2.05, 4.69) is 20.6 Å². The molecule has 132 valence electrons. The van der Waals surface area contributed by atoms with E-state index >= 15 is 0 Å². The van der Waals surface area contributed by atoms with Crippen molar-refractivity contribution in [2.75, 3.05) is 10.6 Å². The van der Waals surface area contributed by atoms with Crippen molar-refractivity contribution in [1.82, 2.24) is 9.97 Å². The number of carbonyl (C=O) groups is 1. The van der Waals surface area contributed by atoms with Gasteiger partial charge in [0.25, 0.3) is 5.91 Å². The standard InChI is InChI=1S/C19H16F2N4O/c1-12-4-2-3-5-13(12)9-23-18-11-22-17(10-24-18)19(26)25-14-6-7-15(20)16(21)8-14/h2-8,10-11H,9H2,1H3,(H,23,24)(H,25,26). The number of anilines is 2. The topological polar surface area (TPSA) is 66.9 Å². The van der Waals surface area contributed by atoms with Gasteiger partial charge < -0.3 is 10.6 Å². The van der Waals surface area contributed by atoms with Gasteiger partial charge >= 0.3 is 0 Å². The first-order valence-corrected chi connectivity index (χ1v) is 7.90. The van der Waals surface area contributed by atoms with Gasteiger partial charge in [-0.2, -0.15) is 0 Å². The molecule has 0 saturated heterocycles. The summed E-state index contributed by atoms with van der Waals surface area (Å²) in [6.45, 7) is 2.61. The van der Waals surface area contributed by atoms with E-state index in [4.69, 9.17) is 0 Å². The van der Waals surface area contributed by atoms with Crippen molar-refractivity contribution in [1.29, 1.82) is 0 Å². The highest BCUT2D eigenvalue weighted by molar-refractivity contribution is 6.02. The lowest BCUT2D eigenvalue weighted by Gasteiger charge is -2.09. The molecular formula is C19H16F2N4O. The molecule has 0 radical (unpaired) electrons. The van der Waals surface area contributed by atoms with Crippen molar-refractivity contribution in [3.05, 3.63) is 83.3 Å².